The summed E-state index contributed by atoms with van der Waals surface area (Å²) in [6, 6.07) is 16.9. The molecule has 28 heavy (non-hydrogen) atoms. The molecule has 0 spiro atoms. The third-order valence-corrected chi connectivity index (χ3v) is 5.20. The van der Waals surface area contributed by atoms with Gasteiger partial charge in [-0.1, -0.05) is 18.2 Å². The molecule has 0 aromatic heterocycles. The summed E-state index contributed by atoms with van der Waals surface area (Å²) >= 11 is 0. The normalized spacial score (nSPS) is 11.2. The number of aromatic nitrogens is 1. The van der Waals surface area contributed by atoms with E-state index < -0.39 is 5.82 Å². The first-order valence-electron chi connectivity index (χ1n) is 9.03. The molecule has 142 valence electrons. The van der Waals surface area contributed by atoms with Crippen molar-refractivity contribution in [2.75, 3.05) is 26.1 Å². The Balaban J connectivity index is 2.15. The lowest BCUT2D eigenvalue weighted by Gasteiger charge is -2.23. The van der Waals surface area contributed by atoms with E-state index in [1.165, 1.54) is 13.2 Å². The number of hydrogen-bond acceptors (Lipinski definition) is 3. The minimum atomic E-state index is -0.392. The molecular weight excluding hydrogens is 353 g/mol. The number of nitrogens with zero attached hydrogens (tertiary/aromatic N) is 2. The summed E-state index contributed by atoms with van der Waals surface area (Å²) in [5.74, 6) is -0.168. The zero-order valence-corrected chi connectivity index (χ0v) is 16.4. The number of aryl methyl sites for hydroxylation is 1. The van der Waals surface area contributed by atoms with Crippen LogP contribution >= 0.6 is 0 Å². The summed E-state index contributed by atoms with van der Waals surface area (Å²) in [6.45, 7) is 0. The van der Waals surface area contributed by atoms with E-state index in [4.69, 9.17) is 10.1 Å². The number of hydrogen-bond donors (Lipinski definition) is 1. The van der Waals surface area contributed by atoms with Crippen LogP contribution in [0, 0.1) is 11.2 Å². The van der Waals surface area contributed by atoms with E-state index in [1.807, 2.05) is 39.3 Å². The highest BCUT2D eigenvalue weighted by Gasteiger charge is 2.19. The van der Waals surface area contributed by atoms with Crippen LogP contribution in [0.2, 0.25) is 0 Å². The first kappa shape index (κ1) is 18.0. The second-order valence-electron chi connectivity index (χ2n) is 7.11. The maximum Gasteiger partial charge on any atom is 0.165 e. The summed E-state index contributed by atoms with van der Waals surface area (Å²) in [5.41, 5.74) is 5.75. The van der Waals surface area contributed by atoms with E-state index in [0.717, 1.165) is 39.0 Å². The molecule has 2 aliphatic rings. The predicted octanol–water partition coefficient (Wildman–Crippen LogP) is 4.64. The van der Waals surface area contributed by atoms with Gasteiger partial charge in [-0.15, -0.1) is 0 Å². The summed E-state index contributed by atoms with van der Waals surface area (Å²) in [4.78, 5) is 2.05. The molecule has 0 radical (unpaired) electrons. The zero-order chi connectivity index (χ0) is 20.0. The van der Waals surface area contributed by atoms with Crippen molar-refractivity contribution >= 4 is 16.6 Å². The molecule has 4 nitrogen and oxygen atoms in total. The first-order chi connectivity index (χ1) is 13.4. The maximum atomic E-state index is 14.5. The van der Waals surface area contributed by atoms with Gasteiger partial charge in [0.05, 0.1) is 23.7 Å². The number of halogens is 1. The highest BCUT2D eigenvalue weighted by Crippen LogP contribution is 2.41. The smallest absolute Gasteiger partial charge is 0.165 e. The Hall–Kier alpha value is -3.34. The molecule has 0 bridgehead atoms. The van der Waals surface area contributed by atoms with Gasteiger partial charge in [-0.2, -0.15) is 0 Å². The molecular formula is C23H22FN3O. The SMILES string of the molecule is COc1ccc(-c2c3ccc(=N)cc-3n(C)c3cc(N(C)C)ccc23)cc1F. The largest absolute Gasteiger partial charge is 0.494 e. The Labute approximate surface area is 163 Å². The van der Waals surface area contributed by atoms with Gasteiger partial charge in [0.2, 0.25) is 0 Å². The van der Waals surface area contributed by atoms with Gasteiger partial charge in [0.25, 0.3) is 0 Å². The zero-order valence-electron chi connectivity index (χ0n) is 16.4. The summed E-state index contributed by atoms with van der Waals surface area (Å²) < 4.78 is 21.7. The molecule has 0 saturated heterocycles. The Morgan fingerprint density at radius 1 is 1.00 bits per heavy atom. The molecule has 0 unspecified atom stereocenters. The van der Waals surface area contributed by atoms with Gasteiger partial charge in [-0.05, 0) is 42.0 Å². The maximum absolute atomic E-state index is 14.5. The van der Waals surface area contributed by atoms with Gasteiger partial charge < -0.3 is 19.6 Å². The van der Waals surface area contributed by atoms with Crippen LogP contribution in [-0.2, 0) is 7.05 Å². The number of rotatable bonds is 3. The van der Waals surface area contributed by atoms with Crippen LogP contribution in [0.1, 0.15) is 0 Å². The summed E-state index contributed by atoms with van der Waals surface area (Å²) in [5, 5.41) is 9.53. The highest BCUT2D eigenvalue weighted by molar-refractivity contribution is 6.04. The Kier molecular flexibility index (Phi) is 4.30. The van der Waals surface area contributed by atoms with Crippen LogP contribution in [-0.4, -0.2) is 25.8 Å². The van der Waals surface area contributed by atoms with E-state index in [0.29, 0.717) is 5.36 Å². The lowest BCUT2D eigenvalue weighted by atomic mass is 9.91. The highest BCUT2D eigenvalue weighted by atomic mass is 19.1. The van der Waals surface area contributed by atoms with Crippen molar-refractivity contribution in [3.05, 3.63) is 65.8 Å². The monoisotopic (exact) mass is 375 g/mol. The van der Waals surface area contributed by atoms with Crippen LogP contribution < -0.4 is 15.0 Å². The van der Waals surface area contributed by atoms with Crippen LogP contribution in [0.25, 0.3) is 33.3 Å². The average molecular weight is 375 g/mol. The van der Waals surface area contributed by atoms with Gasteiger partial charge in [-0.25, -0.2) is 4.39 Å². The summed E-state index contributed by atoms with van der Waals surface area (Å²) in [7, 11) is 7.47. The Morgan fingerprint density at radius 2 is 1.79 bits per heavy atom. The molecule has 2 aromatic rings. The lowest BCUT2D eigenvalue weighted by Crippen LogP contribution is -2.11. The molecule has 1 N–H and O–H groups in total. The van der Waals surface area contributed by atoms with Crippen molar-refractivity contribution in [1.82, 2.24) is 4.57 Å². The summed E-state index contributed by atoms with van der Waals surface area (Å²) in [6.07, 6.45) is 0. The van der Waals surface area contributed by atoms with Gasteiger partial charge in [-0.3, -0.25) is 0 Å². The van der Waals surface area contributed by atoms with Crippen LogP contribution in [0.5, 0.6) is 5.75 Å². The van der Waals surface area contributed by atoms with Crippen LogP contribution in [0.3, 0.4) is 0 Å². The van der Waals surface area contributed by atoms with Gasteiger partial charge in [0, 0.05) is 43.3 Å². The average Bonchev–Trinajstić information content (AvgIpc) is 2.68. The first-order valence-corrected chi connectivity index (χ1v) is 9.03. The third-order valence-electron chi connectivity index (χ3n) is 5.20. The van der Waals surface area contributed by atoms with Crippen molar-refractivity contribution in [2.24, 2.45) is 7.05 Å². The standard InChI is InChI=1S/C23H22FN3O/c1-26(2)16-7-9-18-21(13-16)27(3)20-12-15(25)6-8-17(20)23(18)14-5-10-22(28-4)19(24)11-14/h5-13,25H,1-4H3. The predicted molar refractivity (Wildman–Crippen MR) is 112 cm³/mol. The van der Waals surface area contributed by atoms with E-state index in [1.54, 1.807) is 12.1 Å². The lowest BCUT2D eigenvalue weighted by molar-refractivity contribution is 0.386. The second-order valence-corrected chi connectivity index (χ2v) is 7.11. The number of ether oxygens (including phenoxy) is 1. The minimum absolute atomic E-state index is 0.224. The number of benzene rings is 3. The molecule has 1 aliphatic heterocycles. The van der Waals surface area contributed by atoms with Crippen molar-refractivity contribution in [1.29, 1.82) is 5.41 Å². The number of methoxy groups -OCH3 is 1. The molecule has 1 heterocycles. The molecule has 0 fully saturated rings. The van der Waals surface area contributed by atoms with E-state index in [9.17, 15) is 4.39 Å². The van der Waals surface area contributed by atoms with Crippen LogP contribution in [0.15, 0.2) is 54.6 Å². The van der Waals surface area contributed by atoms with Gasteiger partial charge in [0.1, 0.15) is 0 Å². The second kappa shape index (κ2) is 6.68. The third kappa shape index (κ3) is 2.80. The molecule has 5 heteroatoms. The van der Waals surface area contributed by atoms with Gasteiger partial charge in [0.15, 0.2) is 11.6 Å². The van der Waals surface area contributed by atoms with Crippen molar-refractivity contribution in [3.8, 4) is 28.1 Å². The molecule has 0 amide bonds. The van der Waals surface area contributed by atoms with E-state index in [2.05, 4.69) is 27.7 Å². The fraction of sp³-hybridized carbons (Fsp3) is 0.174. The number of anilines is 1. The van der Waals surface area contributed by atoms with E-state index in [-0.39, 0.29) is 5.75 Å². The van der Waals surface area contributed by atoms with Gasteiger partial charge >= 0.3 is 0 Å². The molecule has 2 aromatic carbocycles. The van der Waals surface area contributed by atoms with E-state index >= 15 is 0 Å². The van der Waals surface area contributed by atoms with Crippen molar-refractivity contribution < 1.29 is 9.13 Å². The van der Waals surface area contributed by atoms with Crippen LogP contribution in [0.4, 0.5) is 10.1 Å². The Morgan fingerprint density at radius 3 is 2.46 bits per heavy atom. The molecule has 1 aliphatic carbocycles. The van der Waals surface area contributed by atoms with Crippen molar-refractivity contribution in [3.63, 3.8) is 0 Å². The molecule has 0 saturated carbocycles. The number of nitrogens with one attached hydrogen (secondary N) is 1. The number of pyridine rings is 1. The molecule has 4 rings (SSSR count). The fourth-order valence-corrected chi connectivity index (χ4v) is 3.72. The minimum Gasteiger partial charge on any atom is -0.494 e. The Bertz CT molecular complexity index is 1230. The fourth-order valence-electron chi connectivity index (χ4n) is 3.72. The number of fused-ring (bicyclic) bond motifs is 2. The molecule has 0 atom stereocenters. The topological polar surface area (TPSA) is 41.2 Å². The van der Waals surface area contributed by atoms with Crippen molar-refractivity contribution in [2.45, 2.75) is 0 Å². The quantitative estimate of drug-likeness (QED) is 0.530.